The van der Waals surface area contributed by atoms with Crippen molar-refractivity contribution in [1.82, 2.24) is 0 Å². The van der Waals surface area contributed by atoms with Crippen LogP contribution in [0.15, 0.2) is 36.4 Å². The van der Waals surface area contributed by atoms with Crippen LogP contribution in [-0.4, -0.2) is 12.5 Å². The van der Waals surface area contributed by atoms with E-state index in [1.54, 1.807) is 12.1 Å². The largest absolute Gasteiger partial charge is 0.484 e. The first-order valence-electron chi connectivity index (χ1n) is 6.82. The molecule has 0 aromatic heterocycles. The first-order chi connectivity index (χ1) is 9.95. The quantitative estimate of drug-likeness (QED) is 0.847. The maximum Gasteiger partial charge on any atom is 0.262 e. The van der Waals surface area contributed by atoms with Gasteiger partial charge in [0.15, 0.2) is 6.61 Å². The summed E-state index contributed by atoms with van der Waals surface area (Å²) in [5.41, 5.74) is 10.3. The fourth-order valence-corrected chi connectivity index (χ4v) is 1.91. The Morgan fingerprint density at radius 3 is 2.48 bits per heavy atom. The highest BCUT2D eigenvalue weighted by Crippen LogP contribution is 2.19. The zero-order valence-electron chi connectivity index (χ0n) is 12.6. The Hall–Kier alpha value is -2.49. The monoisotopic (exact) mass is 284 g/mol. The van der Waals surface area contributed by atoms with Gasteiger partial charge in [0.25, 0.3) is 5.91 Å². The summed E-state index contributed by atoms with van der Waals surface area (Å²) in [5.74, 6) is 0.486. The second kappa shape index (κ2) is 6.31. The van der Waals surface area contributed by atoms with Crippen LogP contribution in [0, 0.1) is 20.8 Å². The zero-order valence-corrected chi connectivity index (χ0v) is 12.6. The van der Waals surface area contributed by atoms with E-state index < -0.39 is 0 Å². The van der Waals surface area contributed by atoms with Gasteiger partial charge in [-0.05, 0) is 61.7 Å². The fraction of sp³-hybridized carbons (Fsp3) is 0.235. The molecule has 0 heterocycles. The molecule has 21 heavy (non-hydrogen) atoms. The van der Waals surface area contributed by atoms with Gasteiger partial charge in [-0.15, -0.1) is 0 Å². The van der Waals surface area contributed by atoms with Crippen LogP contribution in [0.3, 0.4) is 0 Å². The SMILES string of the molecule is Cc1ccc(OCC(=O)Nc2cc(N)ccc2C)cc1C. The number of carbonyl (C=O) groups excluding carboxylic acids is 1. The number of rotatable bonds is 4. The van der Waals surface area contributed by atoms with E-state index in [0.29, 0.717) is 17.1 Å². The number of ether oxygens (including phenoxy) is 1. The Kier molecular flexibility index (Phi) is 4.48. The van der Waals surface area contributed by atoms with E-state index in [1.807, 2.05) is 45.0 Å². The normalized spacial score (nSPS) is 10.2. The van der Waals surface area contributed by atoms with Crippen LogP contribution in [0.25, 0.3) is 0 Å². The van der Waals surface area contributed by atoms with E-state index in [-0.39, 0.29) is 12.5 Å². The summed E-state index contributed by atoms with van der Waals surface area (Å²) in [6.07, 6.45) is 0. The molecule has 0 atom stereocenters. The van der Waals surface area contributed by atoms with Gasteiger partial charge in [0.05, 0.1) is 0 Å². The molecule has 1 amide bonds. The smallest absolute Gasteiger partial charge is 0.262 e. The Morgan fingerprint density at radius 2 is 1.76 bits per heavy atom. The highest BCUT2D eigenvalue weighted by Gasteiger charge is 2.06. The molecular weight excluding hydrogens is 264 g/mol. The van der Waals surface area contributed by atoms with Gasteiger partial charge >= 0.3 is 0 Å². The lowest BCUT2D eigenvalue weighted by atomic mass is 10.1. The van der Waals surface area contributed by atoms with E-state index in [4.69, 9.17) is 10.5 Å². The highest BCUT2D eigenvalue weighted by molar-refractivity contribution is 5.93. The van der Waals surface area contributed by atoms with Crippen molar-refractivity contribution in [2.45, 2.75) is 20.8 Å². The van der Waals surface area contributed by atoms with Gasteiger partial charge < -0.3 is 15.8 Å². The minimum atomic E-state index is -0.207. The maximum atomic E-state index is 11.9. The Bertz CT molecular complexity index is 666. The lowest BCUT2D eigenvalue weighted by Gasteiger charge is -2.11. The van der Waals surface area contributed by atoms with Gasteiger partial charge in [-0.3, -0.25) is 4.79 Å². The number of nitrogens with two attached hydrogens (primary N) is 1. The fourth-order valence-electron chi connectivity index (χ4n) is 1.91. The minimum Gasteiger partial charge on any atom is -0.484 e. The predicted molar refractivity (Wildman–Crippen MR) is 85.6 cm³/mol. The van der Waals surface area contributed by atoms with Crippen molar-refractivity contribution < 1.29 is 9.53 Å². The van der Waals surface area contributed by atoms with E-state index in [9.17, 15) is 4.79 Å². The van der Waals surface area contributed by atoms with E-state index >= 15 is 0 Å². The number of amides is 1. The lowest BCUT2D eigenvalue weighted by Crippen LogP contribution is -2.20. The van der Waals surface area contributed by atoms with Gasteiger partial charge in [-0.25, -0.2) is 0 Å². The van der Waals surface area contributed by atoms with Crippen molar-refractivity contribution in [3.05, 3.63) is 53.1 Å². The van der Waals surface area contributed by atoms with Crippen LogP contribution in [-0.2, 0) is 4.79 Å². The number of nitrogen functional groups attached to an aromatic ring is 1. The number of carbonyl (C=O) groups is 1. The first kappa shape index (κ1) is 14.9. The molecule has 2 aromatic carbocycles. The van der Waals surface area contributed by atoms with E-state index in [2.05, 4.69) is 5.32 Å². The third-order valence-electron chi connectivity index (χ3n) is 3.38. The van der Waals surface area contributed by atoms with Crippen molar-refractivity contribution in [2.75, 3.05) is 17.7 Å². The molecule has 110 valence electrons. The summed E-state index contributed by atoms with van der Waals surface area (Å²) >= 11 is 0. The summed E-state index contributed by atoms with van der Waals surface area (Å²) in [5, 5.41) is 2.80. The van der Waals surface area contributed by atoms with Crippen LogP contribution in [0.1, 0.15) is 16.7 Å². The zero-order chi connectivity index (χ0) is 15.4. The molecule has 2 rings (SSSR count). The van der Waals surface area contributed by atoms with Crippen LogP contribution < -0.4 is 15.8 Å². The summed E-state index contributed by atoms with van der Waals surface area (Å²) in [4.78, 5) is 11.9. The molecule has 3 N–H and O–H groups in total. The number of nitrogens with one attached hydrogen (secondary N) is 1. The molecule has 0 aliphatic heterocycles. The van der Waals surface area contributed by atoms with Crippen molar-refractivity contribution in [2.24, 2.45) is 0 Å². The average molecular weight is 284 g/mol. The third kappa shape index (κ3) is 3.99. The molecule has 0 bridgehead atoms. The van der Waals surface area contributed by atoms with E-state index in [0.717, 1.165) is 11.1 Å². The lowest BCUT2D eigenvalue weighted by molar-refractivity contribution is -0.118. The molecule has 0 saturated carbocycles. The number of aryl methyl sites for hydroxylation is 3. The number of benzene rings is 2. The molecule has 4 nitrogen and oxygen atoms in total. The van der Waals surface area contributed by atoms with Gasteiger partial charge in [-0.2, -0.15) is 0 Å². The third-order valence-corrected chi connectivity index (χ3v) is 3.38. The molecule has 0 saturated heterocycles. The van der Waals surface area contributed by atoms with Crippen molar-refractivity contribution >= 4 is 17.3 Å². The summed E-state index contributed by atoms with van der Waals surface area (Å²) in [6.45, 7) is 5.93. The topological polar surface area (TPSA) is 64.3 Å². The van der Waals surface area contributed by atoms with Crippen molar-refractivity contribution in [1.29, 1.82) is 0 Å². The van der Waals surface area contributed by atoms with Crippen molar-refractivity contribution in [3.63, 3.8) is 0 Å². The molecular formula is C17H20N2O2. The average Bonchev–Trinajstić information content (AvgIpc) is 2.44. The number of hydrogen-bond acceptors (Lipinski definition) is 3. The number of anilines is 2. The Morgan fingerprint density at radius 1 is 1.05 bits per heavy atom. The van der Waals surface area contributed by atoms with Gasteiger partial charge in [-0.1, -0.05) is 12.1 Å². The van der Waals surface area contributed by atoms with Crippen LogP contribution in [0.2, 0.25) is 0 Å². The summed E-state index contributed by atoms with van der Waals surface area (Å²) in [6, 6.07) is 11.2. The van der Waals surface area contributed by atoms with Crippen LogP contribution in [0.4, 0.5) is 11.4 Å². The second-order valence-corrected chi connectivity index (χ2v) is 5.16. The molecule has 0 spiro atoms. The highest BCUT2D eigenvalue weighted by atomic mass is 16.5. The first-order valence-corrected chi connectivity index (χ1v) is 6.82. The second-order valence-electron chi connectivity index (χ2n) is 5.16. The Labute approximate surface area is 124 Å². The van der Waals surface area contributed by atoms with E-state index in [1.165, 1.54) is 5.56 Å². The Balaban J connectivity index is 1.95. The maximum absolute atomic E-state index is 11.9. The predicted octanol–water partition coefficient (Wildman–Crippen LogP) is 3.21. The summed E-state index contributed by atoms with van der Waals surface area (Å²) in [7, 11) is 0. The van der Waals surface area contributed by atoms with Gasteiger partial charge in [0.2, 0.25) is 0 Å². The molecule has 0 aliphatic carbocycles. The van der Waals surface area contributed by atoms with Crippen LogP contribution >= 0.6 is 0 Å². The molecule has 0 unspecified atom stereocenters. The molecule has 0 radical (unpaired) electrons. The molecule has 4 heteroatoms. The number of hydrogen-bond donors (Lipinski definition) is 2. The minimum absolute atomic E-state index is 0.0310. The molecule has 0 fully saturated rings. The van der Waals surface area contributed by atoms with Gasteiger partial charge in [0, 0.05) is 11.4 Å². The van der Waals surface area contributed by atoms with Crippen LogP contribution in [0.5, 0.6) is 5.75 Å². The summed E-state index contributed by atoms with van der Waals surface area (Å²) < 4.78 is 5.50. The van der Waals surface area contributed by atoms with Gasteiger partial charge in [0.1, 0.15) is 5.75 Å². The molecule has 2 aromatic rings. The molecule has 0 aliphatic rings. The van der Waals surface area contributed by atoms with Crippen molar-refractivity contribution in [3.8, 4) is 5.75 Å². The standard InChI is InChI=1S/C17H20N2O2/c1-11-5-7-15(8-13(11)3)21-10-17(20)19-16-9-14(18)6-4-12(16)2/h4-9H,10,18H2,1-3H3,(H,19,20).